The van der Waals surface area contributed by atoms with E-state index in [9.17, 15) is 4.79 Å². The number of carbonyl (C=O) groups is 1. The van der Waals surface area contributed by atoms with Gasteiger partial charge in [-0.3, -0.25) is 0 Å². The van der Waals surface area contributed by atoms with Gasteiger partial charge in [0, 0.05) is 18.3 Å². The number of anilines is 1. The molecule has 17 heavy (non-hydrogen) atoms. The maximum absolute atomic E-state index is 11.8. The van der Waals surface area contributed by atoms with Crippen LogP contribution in [0.5, 0.6) is 0 Å². The van der Waals surface area contributed by atoms with E-state index in [-0.39, 0.29) is 12.0 Å². The first-order valence-electron chi connectivity index (χ1n) is 5.94. The summed E-state index contributed by atoms with van der Waals surface area (Å²) < 4.78 is 5.08. The minimum absolute atomic E-state index is 0.152. The van der Waals surface area contributed by atoms with Crippen LogP contribution in [0.1, 0.15) is 25.5 Å². The second-order valence-electron chi connectivity index (χ2n) is 4.12. The van der Waals surface area contributed by atoms with E-state index in [0.29, 0.717) is 6.61 Å². The van der Waals surface area contributed by atoms with Gasteiger partial charge in [-0.05, 0) is 26.7 Å². The molecule has 92 valence electrons. The molecule has 5 nitrogen and oxygen atoms in total. The van der Waals surface area contributed by atoms with Gasteiger partial charge in [0.05, 0.1) is 6.61 Å². The second kappa shape index (κ2) is 5.12. The molecule has 2 rings (SSSR count). The van der Waals surface area contributed by atoms with Crippen molar-refractivity contribution in [1.82, 2.24) is 9.97 Å². The fourth-order valence-electron chi connectivity index (χ4n) is 2.12. The van der Waals surface area contributed by atoms with Crippen LogP contribution in [0.25, 0.3) is 0 Å². The molecule has 0 saturated carbocycles. The molecule has 1 aromatic heterocycles. The molecule has 1 fully saturated rings. The zero-order valence-corrected chi connectivity index (χ0v) is 10.2. The minimum atomic E-state index is -0.191. The largest absolute Gasteiger partial charge is 0.464 e. The minimum Gasteiger partial charge on any atom is -0.464 e. The Bertz CT molecular complexity index is 408. The van der Waals surface area contributed by atoms with Crippen molar-refractivity contribution in [3.63, 3.8) is 0 Å². The maximum Gasteiger partial charge on any atom is 0.328 e. The smallest absolute Gasteiger partial charge is 0.328 e. The van der Waals surface area contributed by atoms with Gasteiger partial charge in [0.15, 0.2) is 0 Å². The predicted octanol–water partition coefficient (Wildman–Crippen LogP) is 1.32. The zero-order chi connectivity index (χ0) is 12.3. The van der Waals surface area contributed by atoms with Gasteiger partial charge in [0.2, 0.25) is 0 Å². The first-order chi connectivity index (χ1) is 8.22. The number of hydrogen-bond acceptors (Lipinski definition) is 5. The number of rotatable bonds is 3. The van der Waals surface area contributed by atoms with E-state index in [0.717, 1.165) is 30.9 Å². The highest BCUT2D eigenvalue weighted by Gasteiger charge is 2.32. The van der Waals surface area contributed by atoms with Crippen molar-refractivity contribution in [3.8, 4) is 0 Å². The van der Waals surface area contributed by atoms with Gasteiger partial charge in [-0.25, -0.2) is 14.8 Å². The third kappa shape index (κ3) is 2.54. The lowest BCUT2D eigenvalue weighted by atomic mass is 10.2. The third-order valence-corrected chi connectivity index (χ3v) is 2.90. The SMILES string of the molecule is CCOC(=O)C1CCCN1c1cc(C)ncn1. The number of hydrogen-bond donors (Lipinski definition) is 0. The van der Waals surface area contributed by atoms with E-state index in [1.54, 1.807) is 0 Å². The lowest BCUT2D eigenvalue weighted by molar-refractivity contribution is -0.144. The molecule has 0 spiro atoms. The number of esters is 1. The Kier molecular flexibility index (Phi) is 3.56. The molecule has 1 atom stereocenters. The third-order valence-electron chi connectivity index (χ3n) is 2.90. The Labute approximate surface area is 101 Å². The number of aromatic nitrogens is 2. The fraction of sp³-hybridized carbons (Fsp3) is 0.583. The lowest BCUT2D eigenvalue weighted by Gasteiger charge is -2.23. The van der Waals surface area contributed by atoms with Crippen LogP contribution in [0.4, 0.5) is 5.82 Å². The molecule has 0 aliphatic carbocycles. The molecule has 1 saturated heterocycles. The van der Waals surface area contributed by atoms with Crippen LogP contribution < -0.4 is 4.90 Å². The Balaban J connectivity index is 2.17. The van der Waals surface area contributed by atoms with Gasteiger partial charge < -0.3 is 9.64 Å². The molecule has 0 radical (unpaired) electrons. The standard InChI is InChI=1S/C12H17N3O2/c1-3-17-12(16)10-5-4-6-15(10)11-7-9(2)13-8-14-11/h7-8,10H,3-6H2,1-2H3. The Hall–Kier alpha value is -1.65. The summed E-state index contributed by atoms with van der Waals surface area (Å²) >= 11 is 0. The molecular weight excluding hydrogens is 218 g/mol. The van der Waals surface area contributed by atoms with E-state index < -0.39 is 0 Å². The van der Waals surface area contributed by atoms with E-state index in [4.69, 9.17) is 4.74 Å². The van der Waals surface area contributed by atoms with Gasteiger partial charge in [0.25, 0.3) is 0 Å². The highest BCUT2D eigenvalue weighted by atomic mass is 16.5. The highest BCUT2D eigenvalue weighted by Crippen LogP contribution is 2.24. The molecule has 1 aliphatic heterocycles. The molecule has 5 heteroatoms. The topological polar surface area (TPSA) is 55.3 Å². The summed E-state index contributed by atoms with van der Waals surface area (Å²) in [6.07, 6.45) is 3.36. The predicted molar refractivity (Wildman–Crippen MR) is 63.8 cm³/mol. The van der Waals surface area contributed by atoms with E-state index in [1.807, 2.05) is 24.8 Å². The summed E-state index contributed by atoms with van der Waals surface area (Å²) in [5, 5.41) is 0. The van der Waals surface area contributed by atoms with Crippen LogP contribution in [0.2, 0.25) is 0 Å². The summed E-state index contributed by atoms with van der Waals surface area (Å²) in [7, 11) is 0. The van der Waals surface area contributed by atoms with E-state index in [1.165, 1.54) is 6.33 Å². The van der Waals surface area contributed by atoms with Crippen molar-refractivity contribution in [1.29, 1.82) is 0 Å². The van der Waals surface area contributed by atoms with Crippen LogP contribution in [0, 0.1) is 6.92 Å². The summed E-state index contributed by atoms with van der Waals surface area (Å²) in [5.74, 6) is 0.661. The van der Waals surface area contributed by atoms with Crippen molar-refractivity contribution in [2.45, 2.75) is 32.7 Å². The van der Waals surface area contributed by atoms with Gasteiger partial charge in [0.1, 0.15) is 18.2 Å². The fourth-order valence-corrected chi connectivity index (χ4v) is 2.12. The summed E-state index contributed by atoms with van der Waals surface area (Å²) in [6.45, 7) is 5.01. The summed E-state index contributed by atoms with van der Waals surface area (Å²) in [5.41, 5.74) is 0.907. The number of aryl methyl sites for hydroxylation is 1. The van der Waals surface area contributed by atoms with Crippen molar-refractivity contribution in [2.75, 3.05) is 18.1 Å². The van der Waals surface area contributed by atoms with Gasteiger partial charge in [-0.1, -0.05) is 0 Å². The summed E-state index contributed by atoms with van der Waals surface area (Å²) in [6, 6.07) is 1.71. The van der Waals surface area contributed by atoms with Crippen molar-refractivity contribution in [2.24, 2.45) is 0 Å². The molecule has 1 aliphatic rings. The zero-order valence-electron chi connectivity index (χ0n) is 10.2. The molecular formula is C12H17N3O2. The van der Waals surface area contributed by atoms with Crippen LogP contribution in [-0.2, 0) is 9.53 Å². The van der Waals surface area contributed by atoms with Gasteiger partial charge >= 0.3 is 5.97 Å². The Morgan fingerprint density at radius 1 is 1.59 bits per heavy atom. The Morgan fingerprint density at radius 3 is 3.12 bits per heavy atom. The molecule has 0 bridgehead atoms. The first kappa shape index (κ1) is 11.8. The van der Waals surface area contributed by atoms with Gasteiger partial charge in [-0.15, -0.1) is 0 Å². The first-order valence-corrected chi connectivity index (χ1v) is 5.94. The van der Waals surface area contributed by atoms with Gasteiger partial charge in [-0.2, -0.15) is 0 Å². The van der Waals surface area contributed by atoms with E-state index >= 15 is 0 Å². The quantitative estimate of drug-likeness (QED) is 0.739. The van der Waals surface area contributed by atoms with Crippen LogP contribution in [0.3, 0.4) is 0 Å². The van der Waals surface area contributed by atoms with Crippen LogP contribution in [0.15, 0.2) is 12.4 Å². The second-order valence-corrected chi connectivity index (χ2v) is 4.12. The monoisotopic (exact) mass is 235 g/mol. The molecule has 1 unspecified atom stereocenters. The average Bonchev–Trinajstić information content (AvgIpc) is 2.78. The molecule has 0 aromatic carbocycles. The molecule has 1 aromatic rings. The van der Waals surface area contributed by atoms with Crippen molar-refractivity contribution < 1.29 is 9.53 Å². The highest BCUT2D eigenvalue weighted by molar-refractivity contribution is 5.80. The number of ether oxygens (including phenoxy) is 1. The molecule has 0 amide bonds. The number of nitrogens with zero attached hydrogens (tertiary/aromatic N) is 3. The molecule has 2 heterocycles. The van der Waals surface area contributed by atoms with Crippen molar-refractivity contribution in [3.05, 3.63) is 18.1 Å². The average molecular weight is 235 g/mol. The van der Waals surface area contributed by atoms with Crippen molar-refractivity contribution >= 4 is 11.8 Å². The molecule has 0 N–H and O–H groups in total. The maximum atomic E-state index is 11.8. The normalized spacial score (nSPS) is 19.4. The summed E-state index contributed by atoms with van der Waals surface area (Å²) in [4.78, 5) is 22.1. The Morgan fingerprint density at radius 2 is 2.41 bits per heavy atom. The van der Waals surface area contributed by atoms with E-state index in [2.05, 4.69) is 9.97 Å². The number of carbonyl (C=O) groups excluding carboxylic acids is 1. The van der Waals surface area contributed by atoms with Crippen LogP contribution in [-0.4, -0.2) is 35.1 Å². The lowest BCUT2D eigenvalue weighted by Crippen LogP contribution is -2.37. The van der Waals surface area contributed by atoms with Crippen LogP contribution >= 0.6 is 0 Å².